The summed E-state index contributed by atoms with van der Waals surface area (Å²) in [4.78, 5) is 12.0. The van der Waals surface area contributed by atoms with Gasteiger partial charge in [-0.15, -0.1) is 0 Å². The highest BCUT2D eigenvalue weighted by molar-refractivity contribution is 7.92. The molecule has 16 nitrogen and oxygen atoms in total. The Kier molecular flexibility index (Phi) is 16.1. The standard InChI is InChI=1S/C47H64N6O10S/c1-47(2,34-10-15-38(16-11-34)63-31-35-20-22-48-46(49-35)51-64(3,58)59)33-8-13-37(14-9-33)62-27-6-4-5-24-60-25-7-26-61-30-32-21-23-52(29-32)36-12-17-39-40(28-36)45(57)53(44(39)56)41-18-19-42(54)50-43(41)55/h8-17,20,22,28,32,41-45,50,54-57H,4-7,18-19,21,23-27,29-31H2,1-3H3,(H,48,49,51). The molecule has 0 spiro atoms. The van der Waals surface area contributed by atoms with Crippen molar-refractivity contribution in [2.45, 2.75) is 102 Å². The van der Waals surface area contributed by atoms with Crippen molar-refractivity contribution in [3.05, 3.63) is 107 Å². The average Bonchev–Trinajstić information content (AvgIpc) is 3.84. The third-order valence-electron chi connectivity index (χ3n) is 12.4. The van der Waals surface area contributed by atoms with Gasteiger partial charge in [0.1, 0.15) is 43.0 Å². The van der Waals surface area contributed by atoms with Crippen molar-refractivity contribution in [1.82, 2.24) is 20.2 Å². The smallest absolute Gasteiger partial charge is 0.236 e. The third-order valence-corrected chi connectivity index (χ3v) is 12.9. The summed E-state index contributed by atoms with van der Waals surface area (Å²) in [7, 11) is -3.47. The lowest BCUT2D eigenvalue weighted by Gasteiger charge is -2.40. The molecular weight excluding hydrogens is 841 g/mol. The molecule has 4 aromatic rings. The molecule has 0 aliphatic carbocycles. The fourth-order valence-electron chi connectivity index (χ4n) is 8.67. The lowest BCUT2D eigenvalue weighted by atomic mass is 9.78. The average molecular weight is 905 g/mol. The van der Waals surface area contributed by atoms with Gasteiger partial charge in [0.05, 0.1) is 31.2 Å². The molecule has 2 saturated heterocycles. The summed E-state index contributed by atoms with van der Waals surface area (Å²) in [5.74, 6) is 1.94. The van der Waals surface area contributed by atoms with E-state index in [-0.39, 0.29) is 18.0 Å². The molecule has 2 fully saturated rings. The van der Waals surface area contributed by atoms with Crippen molar-refractivity contribution < 1.29 is 47.8 Å². The molecule has 0 bridgehead atoms. The van der Waals surface area contributed by atoms with Gasteiger partial charge >= 0.3 is 0 Å². The Labute approximate surface area is 376 Å². The van der Waals surface area contributed by atoms with E-state index in [9.17, 15) is 28.8 Å². The van der Waals surface area contributed by atoms with E-state index in [2.05, 4.69) is 50.9 Å². The van der Waals surface area contributed by atoms with Crippen LogP contribution in [0.5, 0.6) is 11.5 Å². The van der Waals surface area contributed by atoms with Crippen molar-refractivity contribution in [1.29, 1.82) is 0 Å². The van der Waals surface area contributed by atoms with E-state index >= 15 is 0 Å². The second kappa shape index (κ2) is 21.7. The zero-order valence-corrected chi connectivity index (χ0v) is 37.8. The van der Waals surface area contributed by atoms with Crippen LogP contribution in [0, 0.1) is 5.92 Å². The Morgan fingerprint density at radius 1 is 0.781 bits per heavy atom. The highest BCUT2D eigenvalue weighted by Gasteiger charge is 2.45. The maximum atomic E-state index is 11.5. The van der Waals surface area contributed by atoms with Gasteiger partial charge in [0.2, 0.25) is 16.0 Å². The molecule has 4 heterocycles. The summed E-state index contributed by atoms with van der Waals surface area (Å²) >= 11 is 0. The molecular formula is C47H64N6O10S. The largest absolute Gasteiger partial charge is 0.494 e. The van der Waals surface area contributed by atoms with Crippen LogP contribution < -0.4 is 24.4 Å². The van der Waals surface area contributed by atoms with Crippen molar-refractivity contribution in [3.63, 3.8) is 0 Å². The van der Waals surface area contributed by atoms with Crippen LogP contribution in [0.3, 0.4) is 0 Å². The van der Waals surface area contributed by atoms with Gasteiger partial charge in [0, 0.05) is 67.3 Å². The molecule has 348 valence electrons. The van der Waals surface area contributed by atoms with Crippen molar-refractivity contribution in [2.24, 2.45) is 5.92 Å². The van der Waals surface area contributed by atoms with Crippen LogP contribution in [-0.2, 0) is 31.5 Å². The van der Waals surface area contributed by atoms with E-state index in [1.165, 1.54) is 11.1 Å². The minimum absolute atomic E-state index is 0.00842. The SMILES string of the molecule is CC(C)(c1ccc(OCCCCCOCCCOCC2CCN(c3ccc4c(c3)C(O)N(C3CCC(O)NC3O)C4O)C2)cc1)c1ccc(OCc2ccnc(NS(C)(=O)=O)n2)cc1. The number of rotatable bonds is 22. The van der Waals surface area contributed by atoms with Gasteiger partial charge in [-0.25, -0.2) is 23.3 Å². The van der Waals surface area contributed by atoms with Gasteiger partial charge in [-0.1, -0.05) is 44.2 Å². The number of unbranched alkanes of at least 4 members (excludes halogenated alkanes) is 2. The molecule has 7 rings (SSSR count). The quantitative estimate of drug-likeness (QED) is 0.0578. The molecule has 3 aromatic carbocycles. The zero-order valence-electron chi connectivity index (χ0n) is 37.0. The van der Waals surface area contributed by atoms with Gasteiger partial charge < -0.3 is 44.3 Å². The Morgan fingerprint density at radius 3 is 2.17 bits per heavy atom. The van der Waals surface area contributed by atoms with Gasteiger partial charge in [-0.3, -0.25) is 10.0 Å². The van der Waals surface area contributed by atoms with Crippen LogP contribution in [0.1, 0.15) is 99.2 Å². The number of hydrogen-bond acceptors (Lipinski definition) is 15. The summed E-state index contributed by atoms with van der Waals surface area (Å²) in [5.41, 5.74) is 4.89. The molecule has 6 unspecified atom stereocenters. The van der Waals surface area contributed by atoms with Crippen LogP contribution in [0.2, 0.25) is 0 Å². The second-order valence-corrected chi connectivity index (χ2v) is 19.3. The summed E-state index contributed by atoms with van der Waals surface area (Å²) in [5, 5.41) is 45.2. The van der Waals surface area contributed by atoms with Gasteiger partial charge in [0.25, 0.3) is 0 Å². The first kappa shape index (κ1) is 47.5. The molecule has 0 radical (unpaired) electrons. The van der Waals surface area contributed by atoms with Gasteiger partial charge in [-0.2, -0.15) is 0 Å². The number of fused-ring (bicyclic) bond motifs is 1. The first-order valence-electron chi connectivity index (χ1n) is 22.3. The highest BCUT2D eigenvalue weighted by atomic mass is 32.2. The van der Waals surface area contributed by atoms with E-state index in [0.717, 1.165) is 74.0 Å². The number of nitrogens with zero attached hydrogens (tertiary/aromatic N) is 4. The summed E-state index contributed by atoms with van der Waals surface area (Å²) in [6.07, 6.45) is 4.28. The number of nitrogens with one attached hydrogen (secondary N) is 2. The second-order valence-electron chi connectivity index (χ2n) is 17.5. The number of anilines is 2. The third kappa shape index (κ3) is 12.5. The first-order valence-corrected chi connectivity index (χ1v) is 24.2. The monoisotopic (exact) mass is 904 g/mol. The molecule has 64 heavy (non-hydrogen) atoms. The van der Waals surface area contributed by atoms with Crippen LogP contribution >= 0.6 is 0 Å². The number of hydrogen-bond donors (Lipinski definition) is 6. The van der Waals surface area contributed by atoms with Crippen LogP contribution in [0.25, 0.3) is 0 Å². The summed E-state index contributed by atoms with van der Waals surface area (Å²) < 4.78 is 49.1. The number of aromatic nitrogens is 2. The van der Waals surface area contributed by atoms with Crippen molar-refractivity contribution >= 4 is 21.7 Å². The van der Waals surface area contributed by atoms with E-state index in [0.29, 0.717) is 74.4 Å². The Balaban J connectivity index is 0.718. The summed E-state index contributed by atoms with van der Waals surface area (Å²) in [6, 6.07) is 23.2. The van der Waals surface area contributed by atoms with Crippen LogP contribution in [-0.4, -0.2) is 115 Å². The molecule has 6 N–H and O–H groups in total. The van der Waals surface area contributed by atoms with Crippen LogP contribution in [0.4, 0.5) is 11.6 Å². The van der Waals surface area contributed by atoms with E-state index in [1.807, 2.05) is 54.6 Å². The molecule has 17 heteroatoms. The predicted molar refractivity (Wildman–Crippen MR) is 242 cm³/mol. The zero-order chi connectivity index (χ0) is 45.3. The minimum atomic E-state index is -3.47. The number of ether oxygens (including phenoxy) is 4. The number of sulfonamides is 1. The fourth-order valence-corrected chi connectivity index (χ4v) is 9.10. The molecule has 6 atom stereocenters. The highest BCUT2D eigenvalue weighted by Crippen LogP contribution is 2.44. The first-order chi connectivity index (χ1) is 30.7. The summed E-state index contributed by atoms with van der Waals surface area (Å²) in [6.45, 7) is 9.65. The number of aliphatic hydroxyl groups excluding tert-OH is 4. The fraction of sp³-hybridized carbons (Fsp3) is 0.532. The van der Waals surface area contributed by atoms with Gasteiger partial charge in [0.15, 0.2) is 0 Å². The van der Waals surface area contributed by atoms with Gasteiger partial charge in [-0.05, 0) is 98.5 Å². The Morgan fingerprint density at radius 2 is 1.45 bits per heavy atom. The lowest BCUT2D eigenvalue weighted by molar-refractivity contribution is -0.159. The maximum absolute atomic E-state index is 11.5. The van der Waals surface area contributed by atoms with Crippen molar-refractivity contribution in [2.75, 3.05) is 62.0 Å². The Bertz CT molecular complexity index is 2220. The maximum Gasteiger partial charge on any atom is 0.236 e. The van der Waals surface area contributed by atoms with E-state index in [4.69, 9.17) is 18.9 Å². The topological polar surface area (TPSA) is 208 Å². The molecule has 1 aromatic heterocycles. The number of aliphatic hydroxyl groups is 4. The molecule has 3 aliphatic rings. The number of piperidine rings is 1. The normalized spacial score (nSPS) is 22.7. The van der Waals surface area contributed by atoms with E-state index in [1.54, 1.807) is 6.07 Å². The molecule has 0 amide bonds. The predicted octanol–water partition coefficient (Wildman–Crippen LogP) is 4.94. The van der Waals surface area contributed by atoms with E-state index < -0.39 is 41.0 Å². The molecule has 3 aliphatic heterocycles. The van der Waals surface area contributed by atoms with Crippen LogP contribution in [0.15, 0.2) is 79.0 Å². The Hall–Kier alpha value is -4.43. The molecule has 0 saturated carbocycles. The number of benzene rings is 3. The minimum Gasteiger partial charge on any atom is -0.494 e. The lowest BCUT2D eigenvalue weighted by Crippen LogP contribution is -2.57. The van der Waals surface area contributed by atoms with Crippen molar-refractivity contribution in [3.8, 4) is 11.5 Å².